The Balaban J connectivity index is 2.26. The van der Waals surface area contributed by atoms with Crippen LogP contribution in [0.15, 0.2) is 42.5 Å². The van der Waals surface area contributed by atoms with Crippen LogP contribution in [0.2, 0.25) is 0 Å². The van der Waals surface area contributed by atoms with E-state index in [1.54, 1.807) is 12.1 Å². The van der Waals surface area contributed by atoms with Gasteiger partial charge in [0.1, 0.15) is 5.75 Å². The third-order valence-corrected chi connectivity index (χ3v) is 2.73. The van der Waals surface area contributed by atoms with E-state index < -0.39 is 0 Å². The largest absolute Gasteiger partial charge is 0.508 e. The van der Waals surface area contributed by atoms with Crippen LogP contribution >= 0.6 is 0 Å². The molecule has 0 aromatic heterocycles. The van der Waals surface area contributed by atoms with Crippen LogP contribution in [0.3, 0.4) is 0 Å². The predicted molar refractivity (Wildman–Crippen MR) is 70.0 cm³/mol. The topological polar surface area (TPSA) is 20.2 Å². The van der Waals surface area contributed by atoms with E-state index in [1.807, 2.05) is 18.2 Å². The molecule has 17 heavy (non-hydrogen) atoms. The molecule has 0 heterocycles. The van der Waals surface area contributed by atoms with Crippen molar-refractivity contribution in [2.24, 2.45) is 0 Å². The van der Waals surface area contributed by atoms with Gasteiger partial charge < -0.3 is 5.11 Å². The Morgan fingerprint density at radius 3 is 2.00 bits per heavy atom. The summed E-state index contributed by atoms with van der Waals surface area (Å²) in [6, 6.07) is 13.1. The van der Waals surface area contributed by atoms with Gasteiger partial charge in [0.25, 0.3) is 0 Å². The number of aromatic hydroxyl groups is 1. The molecule has 0 radical (unpaired) electrons. The summed E-state index contributed by atoms with van der Waals surface area (Å²) < 4.78 is 0. The van der Waals surface area contributed by atoms with Crippen LogP contribution in [0, 0.1) is 25.7 Å². The maximum absolute atomic E-state index is 9.16. The molecule has 0 bridgehead atoms. The number of benzene rings is 2. The molecule has 0 aliphatic rings. The van der Waals surface area contributed by atoms with Crippen molar-refractivity contribution in [1.82, 2.24) is 0 Å². The van der Waals surface area contributed by atoms with Gasteiger partial charge in [-0.2, -0.15) is 0 Å². The van der Waals surface area contributed by atoms with Crippen molar-refractivity contribution in [1.29, 1.82) is 0 Å². The van der Waals surface area contributed by atoms with Crippen molar-refractivity contribution in [3.63, 3.8) is 0 Å². The fraction of sp³-hybridized carbons (Fsp3) is 0.125. The van der Waals surface area contributed by atoms with Gasteiger partial charge in [-0.15, -0.1) is 0 Å². The summed E-state index contributed by atoms with van der Waals surface area (Å²) in [5.74, 6) is 6.46. The zero-order chi connectivity index (χ0) is 12.3. The second kappa shape index (κ2) is 4.76. The van der Waals surface area contributed by atoms with Crippen molar-refractivity contribution >= 4 is 0 Å². The number of phenols is 1. The zero-order valence-electron chi connectivity index (χ0n) is 9.99. The molecule has 2 aromatic rings. The molecule has 0 saturated carbocycles. The molecule has 2 rings (SSSR count). The smallest absolute Gasteiger partial charge is 0.115 e. The van der Waals surface area contributed by atoms with E-state index in [9.17, 15) is 0 Å². The molecule has 0 aliphatic heterocycles. The molecule has 0 aliphatic carbocycles. The van der Waals surface area contributed by atoms with Crippen LogP contribution < -0.4 is 0 Å². The Labute approximate surface area is 102 Å². The van der Waals surface area contributed by atoms with Crippen molar-refractivity contribution in [3.8, 4) is 17.6 Å². The molecule has 1 heteroatoms. The Kier molecular flexibility index (Phi) is 3.16. The summed E-state index contributed by atoms with van der Waals surface area (Å²) in [5, 5.41) is 9.16. The average Bonchev–Trinajstić information content (AvgIpc) is 2.33. The number of hydrogen-bond acceptors (Lipinski definition) is 1. The molecule has 0 unspecified atom stereocenters. The van der Waals surface area contributed by atoms with E-state index >= 15 is 0 Å². The third-order valence-electron chi connectivity index (χ3n) is 2.73. The molecule has 0 atom stereocenters. The Morgan fingerprint density at radius 1 is 0.765 bits per heavy atom. The van der Waals surface area contributed by atoms with E-state index in [1.165, 1.54) is 11.1 Å². The van der Waals surface area contributed by atoms with E-state index in [0.717, 1.165) is 11.1 Å². The Bertz CT molecular complexity index is 583. The number of rotatable bonds is 0. The van der Waals surface area contributed by atoms with Gasteiger partial charge in [0.05, 0.1) is 0 Å². The predicted octanol–water partition coefficient (Wildman–Crippen LogP) is 3.41. The maximum atomic E-state index is 9.16. The molecule has 0 saturated heterocycles. The highest BCUT2D eigenvalue weighted by atomic mass is 16.3. The van der Waals surface area contributed by atoms with E-state index in [0.29, 0.717) is 0 Å². The first kappa shape index (κ1) is 11.3. The summed E-state index contributed by atoms with van der Waals surface area (Å²) in [6.07, 6.45) is 0. The monoisotopic (exact) mass is 222 g/mol. The van der Waals surface area contributed by atoms with Gasteiger partial charge >= 0.3 is 0 Å². The first-order valence-corrected chi connectivity index (χ1v) is 5.53. The molecule has 0 amide bonds. The second-order valence-corrected chi connectivity index (χ2v) is 4.10. The minimum atomic E-state index is 0.265. The molecule has 0 spiro atoms. The standard InChI is InChI=1S/C16H14O/c1-12-3-4-15(11-13(12)2)6-5-14-7-9-16(17)10-8-14/h3-4,7-11,17H,1-2H3. The second-order valence-electron chi connectivity index (χ2n) is 4.10. The lowest BCUT2D eigenvalue weighted by Gasteiger charge is -1.98. The minimum Gasteiger partial charge on any atom is -0.508 e. The summed E-state index contributed by atoms with van der Waals surface area (Å²) in [4.78, 5) is 0. The molecule has 84 valence electrons. The summed E-state index contributed by atoms with van der Waals surface area (Å²) in [5.41, 5.74) is 4.45. The van der Waals surface area contributed by atoms with E-state index in [4.69, 9.17) is 5.11 Å². The fourth-order valence-electron chi connectivity index (χ4n) is 1.51. The van der Waals surface area contributed by atoms with Crippen LogP contribution in [-0.2, 0) is 0 Å². The van der Waals surface area contributed by atoms with E-state index in [-0.39, 0.29) is 5.75 Å². The summed E-state index contributed by atoms with van der Waals surface area (Å²) >= 11 is 0. The van der Waals surface area contributed by atoms with Gasteiger partial charge in [-0.05, 0) is 61.4 Å². The van der Waals surface area contributed by atoms with Gasteiger partial charge in [0.2, 0.25) is 0 Å². The van der Waals surface area contributed by atoms with Gasteiger partial charge in [0, 0.05) is 11.1 Å². The highest BCUT2D eigenvalue weighted by molar-refractivity contribution is 5.46. The fourth-order valence-corrected chi connectivity index (χ4v) is 1.51. The molecule has 2 aromatic carbocycles. The Morgan fingerprint density at radius 2 is 1.35 bits per heavy atom. The van der Waals surface area contributed by atoms with Crippen molar-refractivity contribution in [3.05, 3.63) is 64.7 Å². The quantitative estimate of drug-likeness (QED) is 0.677. The highest BCUT2D eigenvalue weighted by Crippen LogP contribution is 2.10. The average molecular weight is 222 g/mol. The summed E-state index contributed by atoms with van der Waals surface area (Å²) in [7, 11) is 0. The van der Waals surface area contributed by atoms with Crippen LogP contribution in [0.1, 0.15) is 22.3 Å². The molecular weight excluding hydrogens is 208 g/mol. The number of phenolic OH excluding ortho intramolecular Hbond substituents is 1. The van der Waals surface area contributed by atoms with Gasteiger partial charge in [-0.3, -0.25) is 0 Å². The lowest BCUT2D eigenvalue weighted by molar-refractivity contribution is 0.475. The van der Waals surface area contributed by atoms with Gasteiger partial charge in [-0.25, -0.2) is 0 Å². The van der Waals surface area contributed by atoms with Crippen molar-refractivity contribution in [2.45, 2.75) is 13.8 Å². The first-order chi connectivity index (χ1) is 8.15. The van der Waals surface area contributed by atoms with Crippen LogP contribution in [0.5, 0.6) is 5.75 Å². The first-order valence-electron chi connectivity index (χ1n) is 5.53. The maximum Gasteiger partial charge on any atom is 0.115 e. The molecule has 1 nitrogen and oxygen atoms in total. The zero-order valence-corrected chi connectivity index (χ0v) is 9.99. The lowest BCUT2D eigenvalue weighted by atomic mass is 10.1. The highest BCUT2D eigenvalue weighted by Gasteiger charge is 1.93. The van der Waals surface area contributed by atoms with Crippen molar-refractivity contribution < 1.29 is 5.11 Å². The lowest BCUT2D eigenvalue weighted by Crippen LogP contribution is -1.82. The van der Waals surface area contributed by atoms with Crippen LogP contribution in [-0.4, -0.2) is 5.11 Å². The van der Waals surface area contributed by atoms with Crippen LogP contribution in [0.4, 0.5) is 0 Å². The Hall–Kier alpha value is -2.20. The number of aryl methyl sites for hydroxylation is 2. The normalized spacial score (nSPS) is 9.53. The third kappa shape index (κ3) is 2.89. The minimum absolute atomic E-state index is 0.265. The van der Waals surface area contributed by atoms with Crippen molar-refractivity contribution in [2.75, 3.05) is 0 Å². The van der Waals surface area contributed by atoms with Crippen LogP contribution in [0.25, 0.3) is 0 Å². The van der Waals surface area contributed by atoms with E-state index in [2.05, 4.69) is 37.8 Å². The molecular formula is C16H14O. The molecule has 1 N–H and O–H groups in total. The summed E-state index contributed by atoms with van der Waals surface area (Å²) in [6.45, 7) is 4.17. The SMILES string of the molecule is Cc1ccc(C#Cc2ccc(O)cc2)cc1C. The molecule has 0 fully saturated rings. The van der Waals surface area contributed by atoms with Gasteiger partial charge in [0.15, 0.2) is 0 Å². The number of hydrogen-bond donors (Lipinski definition) is 1. The van der Waals surface area contributed by atoms with Gasteiger partial charge in [-0.1, -0.05) is 17.9 Å².